The molecule has 4 rings (SSSR count). The molecule has 0 bridgehead atoms. The summed E-state index contributed by atoms with van der Waals surface area (Å²) >= 11 is 2.98. The van der Waals surface area contributed by atoms with Crippen LogP contribution in [0.15, 0.2) is 34.1 Å². The molecule has 1 amide bonds. The molecule has 1 N–H and O–H groups in total. The minimum Gasteiger partial charge on any atom is -0.459 e. The van der Waals surface area contributed by atoms with Crippen LogP contribution in [0.2, 0.25) is 0 Å². The Morgan fingerprint density at radius 1 is 1.12 bits per heavy atom. The minimum atomic E-state index is -0.119. The summed E-state index contributed by atoms with van der Waals surface area (Å²) in [5.74, 6) is 1.46. The second-order valence-corrected chi connectivity index (χ2v) is 8.03. The molecule has 26 heavy (non-hydrogen) atoms. The highest BCUT2D eigenvalue weighted by molar-refractivity contribution is 7.22. The van der Waals surface area contributed by atoms with Crippen LogP contribution in [-0.2, 0) is 11.2 Å². The summed E-state index contributed by atoms with van der Waals surface area (Å²) in [5.41, 5.74) is 3.96. The molecule has 0 atom stereocenters. The van der Waals surface area contributed by atoms with Crippen LogP contribution >= 0.6 is 22.7 Å². The number of hydrogen-bond acceptors (Lipinski definition) is 6. The Bertz CT molecular complexity index is 1070. The summed E-state index contributed by atoms with van der Waals surface area (Å²) in [6.07, 6.45) is 0.212. The Balaban J connectivity index is 1.48. The third-order valence-corrected chi connectivity index (χ3v) is 6.04. The number of aryl methyl sites for hydroxylation is 3. The van der Waals surface area contributed by atoms with E-state index in [0.29, 0.717) is 5.13 Å². The maximum atomic E-state index is 12.4. The highest BCUT2D eigenvalue weighted by atomic mass is 32.1. The van der Waals surface area contributed by atoms with Crippen LogP contribution in [0.25, 0.3) is 21.0 Å². The van der Waals surface area contributed by atoms with Crippen molar-refractivity contribution in [1.29, 1.82) is 0 Å². The van der Waals surface area contributed by atoms with Gasteiger partial charge in [-0.05, 0) is 44.0 Å². The van der Waals surface area contributed by atoms with Crippen molar-refractivity contribution >= 4 is 43.9 Å². The fourth-order valence-electron chi connectivity index (χ4n) is 2.69. The summed E-state index contributed by atoms with van der Waals surface area (Å²) < 4.78 is 6.69. The summed E-state index contributed by atoms with van der Waals surface area (Å²) in [7, 11) is 0. The smallest absolute Gasteiger partial charge is 0.232 e. The van der Waals surface area contributed by atoms with E-state index in [1.165, 1.54) is 28.2 Å². The van der Waals surface area contributed by atoms with Crippen molar-refractivity contribution in [1.82, 2.24) is 9.97 Å². The van der Waals surface area contributed by atoms with Crippen molar-refractivity contribution in [3.63, 3.8) is 0 Å². The van der Waals surface area contributed by atoms with Gasteiger partial charge in [-0.2, -0.15) is 0 Å². The van der Waals surface area contributed by atoms with Crippen LogP contribution in [0.3, 0.4) is 0 Å². The summed E-state index contributed by atoms with van der Waals surface area (Å²) in [4.78, 5) is 21.4. The van der Waals surface area contributed by atoms with Gasteiger partial charge in [-0.15, -0.1) is 11.3 Å². The first-order valence-corrected chi connectivity index (χ1v) is 9.87. The second-order valence-electron chi connectivity index (χ2n) is 6.18. The quantitative estimate of drug-likeness (QED) is 0.531. The van der Waals surface area contributed by atoms with E-state index in [4.69, 9.17) is 4.42 Å². The lowest BCUT2D eigenvalue weighted by Crippen LogP contribution is -2.14. The molecule has 0 saturated heterocycles. The normalized spacial score (nSPS) is 11.2. The Morgan fingerprint density at radius 2 is 1.92 bits per heavy atom. The number of aromatic nitrogens is 2. The largest absolute Gasteiger partial charge is 0.459 e. The van der Waals surface area contributed by atoms with Gasteiger partial charge in [0.05, 0.1) is 22.3 Å². The predicted octanol–water partition coefficient (Wildman–Crippen LogP) is 5.12. The number of hydrogen-bond donors (Lipinski definition) is 1. The molecule has 0 saturated carbocycles. The average molecular weight is 383 g/mol. The van der Waals surface area contributed by atoms with Crippen LogP contribution in [0, 0.1) is 20.8 Å². The zero-order valence-electron chi connectivity index (χ0n) is 14.6. The lowest BCUT2D eigenvalue weighted by Gasteiger charge is -1.98. The fourth-order valence-corrected chi connectivity index (χ4v) is 4.50. The van der Waals surface area contributed by atoms with Crippen molar-refractivity contribution in [2.45, 2.75) is 27.2 Å². The van der Waals surface area contributed by atoms with Crippen LogP contribution < -0.4 is 5.32 Å². The number of thiazole rings is 2. The molecular formula is C19H17N3O2S2. The van der Waals surface area contributed by atoms with E-state index in [1.54, 1.807) is 0 Å². The number of carbonyl (C=O) groups excluding carboxylic acids is 1. The molecule has 0 fully saturated rings. The number of nitrogens with one attached hydrogen (secondary N) is 1. The lowest BCUT2D eigenvalue weighted by atomic mass is 10.1. The molecule has 0 aliphatic heterocycles. The number of anilines is 1. The van der Waals surface area contributed by atoms with Gasteiger partial charge in [0.2, 0.25) is 5.91 Å². The van der Waals surface area contributed by atoms with E-state index < -0.39 is 0 Å². The predicted molar refractivity (Wildman–Crippen MR) is 106 cm³/mol. The maximum absolute atomic E-state index is 12.4. The van der Waals surface area contributed by atoms with Gasteiger partial charge in [-0.25, -0.2) is 9.97 Å². The summed E-state index contributed by atoms with van der Waals surface area (Å²) in [6, 6.07) is 7.93. The second kappa shape index (κ2) is 6.66. The number of nitrogens with zero attached hydrogens (tertiary/aromatic N) is 2. The van der Waals surface area contributed by atoms with Gasteiger partial charge in [-0.1, -0.05) is 23.5 Å². The van der Waals surface area contributed by atoms with Gasteiger partial charge in [0.1, 0.15) is 5.76 Å². The third kappa shape index (κ3) is 3.27. The highest BCUT2D eigenvalue weighted by Gasteiger charge is 2.14. The van der Waals surface area contributed by atoms with Crippen LogP contribution in [0.4, 0.5) is 5.13 Å². The maximum Gasteiger partial charge on any atom is 0.232 e. The molecule has 132 valence electrons. The number of furan rings is 1. The molecular weight excluding hydrogens is 366 g/mol. The average Bonchev–Trinajstić information content (AvgIpc) is 3.31. The van der Waals surface area contributed by atoms with Gasteiger partial charge >= 0.3 is 0 Å². The van der Waals surface area contributed by atoms with Gasteiger partial charge in [0.15, 0.2) is 15.9 Å². The van der Waals surface area contributed by atoms with Crippen molar-refractivity contribution in [3.05, 3.63) is 52.2 Å². The minimum absolute atomic E-state index is 0.119. The molecule has 0 unspecified atom stereocenters. The zero-order chi connectivity index (χ0) is 18.3. The van der Waals surface area contributed by atoms with E-state index in [2.05, 4.69) is 34.3 Å². The Morgan fingerprint density at radius 3 is 2.65 bits per heavy atom. The molecule has 0 aliphatic carbocycles. The molecule has 0 spiro atoms. The molecule has 0 aliphatic rings. The molecule has 7 heteroatoms. The fraction of sp³-hybridized carbons (Fsp3) is 0.211. The van der Waals surface area contributed by atoms with Crippen molar-refractivity contribution in [3.8, 4) is 10.8 Å². The van der Waals surface area contributed by atoms with Crippen molar-refractivity contribution < 1.29 is 9.21 Å². The van der Waals surface area contributed by atoms with E-state index >= 15 is 0 Å². The Kier molecular flexibility index (Phi) is 4.34. The van der Waals surface area contributed by atoms with Crippen LogP contribution in [0.5, 0.6) is 0 Å². The monoisotopic (exact) mass is 383 g/mol. The van der Waals surface area contributed by atoms with Gasteiger partial charge in [0, 0.05) is 5.38 Å². The SMILES string of the molecule is Cc1ccc(-c2nc(CC(=O)Nc3nc4c(C)ccc(C)c4s3)cs2)o1. The standard InChI is InChI=1S/C19H17N3O2S2/c1-10-4-5-11(2)17-16(10)22-19(26-17)21-15(23)8-13-9-25-18(20-13)14-7-6-12(3)24-14/h4-7,9H,8H2,1-3H3,(H,21,22,23). The first kappa shape index (κ1) is 16.9. The first-order valence-electron chi connectivity index (χ1n) is 8.17. The molecule has 4 aromatic rings. The van der Waals surface area contributed by atoms with Gasteiger partial charge in [-0.3, -0.25) is 4.79 Å². The Labute approximate surface area is 158 Å². The molecule has 3 heterocycles. The topological polar surface area (TPSA) is 68.0 Å². The summed E-state index contributed by atoms with van der Waals surface area (Å²) in [6.45, 7) is 5.98. The van der Waals surface area contributed by atoms with Crippen LogP contribution in [0.1, 0.15) is 22.6 Å². The van der Waals surface area contributed by atoms with E-state index in [0.717, 1.165) is 38.0 Å². The van der Waals surface area contributed by atoms with Crippen molar-refractivity contribution in [2.75, 3.05) is 5.32 Å². The van der Waals surface area contributed by atoms with E-state index in [-0.39, 0.29) is 12.3 Å². The number of amides is 1. The zero-order valence-corrected chi connectivity index (χ0v) is 16.3. The molecule has 1 aromatic carbocycles. The lowest BCUT2D eigenvalue weighted by molar-refractivity contribution is -0.115. The van der Waals surface area contributed by atoms with Crippen molar-refractivity contribution in [2.24, 2.45) is 0 Å². The molecule has 0 radical (unpaired) electrons. The van der Waals surface area contributed by atoms with E-state index in [1.807, 2.05) is 31.4 Å². The van der Waals surface area contributed by atoms with E-state index in [9.17, 15) is 4.79 Å². The molecule has 3 aromatic heterocycles. The summed E-state index contributed by atoms with van der Waals surface area (Å²) in [5, 5.41) is 6.19. The third-order valence-electron chi connectivity index (χ3n) is 4.03. The number of fused-ring (bicyclic) bond motifs is 1. The highest BCUT2D eigenvalue weighted by Crippen LogP contribution is 2.31. The van der Waals surface area contributed by atoms with Gasteiger partial charge < -0.3 is 9.73 Å². The van der Waals surface area contributed by atoms with Crippen LogP contribution in [-0.4, -0.2) is 15.9 Å². The van der Waals surface area contributed by atoms with Gasteiger partial charge in [0.25, 0.3) is 0 Å². The molecule has 5 nitrogen and oxygen atoms in total. The Hall–Kier alpha value is -2.51. The first-order chi connectivity index (χ1) is 12.5. The number of carbonyl (C=O) groups is 1. The number of benzene rings is 1. The number of rotatable bonds is 4.